The van der Waals surface area contributed by atoms with Crippen LogP contribution < -0.4 is 10.6 Å². The molecule has 46 heavy (non-hydrogen) atoms. The SMILES string of the molecule is CSC(C)(C)c1cc(NC(=O)NCc2ccccc2Sc2ccc3nnc(-c4ccc(C)cc4O)n3c2)n(-c2ccc(Cl)cc2)n1. The number of pyridine rings is 1. The Hall–Kier alpha value is -4.45. The molecule has 0 unspecified atom stereocenters. The first-order chi connectivity index (χ1) is 22.1. The Bertz CT molecular complexity index is 2040. The predicted molar refractivity (Wildman–Crippen MR) is 186 cm³/mol. The van der Waals surface area contributed by atoms with Gasteiger partial charge in [0.15, 0.2) is 11.5 Å². The van der Waals surface area contributed by atoms with Crippen LogP contribution in [0.15, 0.2) is 101 Å². The lowest BCUT2D eigenvalue weighted by Crippen LogP contribution is -2.29. The molecule has 0 aliphatic rings. The normalized spacial score (nSPS) is 11.6. The predicted octanol–water partition coefficient (Wildman–Crippen LogP) is 8.32. The molecule has 0 saturated carbocycles. The van der Waals surface area contributed by atoms with Gasteiger partial charge in [-0.1, -0.05) is 47.6 Å². The fourth-order valence-corrected chi connectivity index (χ4v) is 6.21. The maximum atomic E-state index is 13.2. The molecule has 0 aliphatic heterocycles. The highest BCUT2D eigenvalue weighted by molar-refractivity contribution is 7.99. The molecule has 0 atom stereocenters. The summed E-state index contributed by atoms with van der Waals surface area (Å²) in [6.45, 7) is 6.43. The highest BCUT2D eigenvalue weighted by Crippen LogP contribution is 2.36. The minimum absolute atomic E-state index is 0.155. The maximum absolute atomic E-state index is 13.2. The second kappa shape index (κ2) is 13.1. The van der Waals surface area contributed by atoms with E-state index >= 15 is 0 Å². The van der Waals surface area contributed by atoms with Gasteiger partial charge in [0.2, 0.25) is 0 Å². The second-order valence-corrected chi connectivity index (χ2v) is 14.2. The fraction of sp³-hybridized carbons (Fsp3) is 0.176. The summed E-state index contributed by atoms with van der Waals surface area (Å²) in [5.41, 5.74) is 4.83. The number of carbonyl (C=O) groups excluding carboxylic acids is 1. The smallest absolute Gasteiger partial charge is 0.320 e. The number of benzene rings is 3. The van der Waals surface area contributed by atoms with Crippen molar-refractivity contribution in [1.82, 2.24) is 29.7 Å². The van der Waals surface area contributed by atoms with Gasteiger partial charge in [-0.25, -0.2) is 9.48 Å². The van der Waals surface area contributed by atoms with Crippen molar-refractivity contribution in [3.63, 3.8) is 0 Å². The van der Waals surface area contributed by atoms with Crippen LogP contribution in [0.3, 0.4) is 0 Å². The van der Waals surface area contributed by atoms with Crippen molar-refractivity contribution in [3.05, 3.63) is 113 Å². The van der Waals surface area contributed by atoms with Gasteiger partial charge in [-0.3, -0.25) is 9.72 Å². The maximum Gasteiger partial charge on any atom is 0.320 e. The van der Waals surface area contributed by atoms with Gasteiger partial charge in [-0.2, -0.15) is 16.9 Å². The monoisotopic (exact) mass is 669 g/mol. The molecule has 6 aromatic rings. The first-order valence-electron chi connectivity index (χ1n) is 14.5. The number of hydrogen-bond donors (Lipinski definition) is 3. The van der Waals surface area contributed by atoms with Gasteiger partial charge >= 0.3 is 6.03 Å². The number of nitrogens with zero attached hydrogens (tertiary/aromatic N) is 5. The van der Waals surface area contributed by atoms with Crippen molar-refractivity contribution in [2.24, 2.45) is 0 Å². The van der Waals surface area contributed by atoms with Crippen LogP contribution in [0.1, 0.15) is 30.7 Å². The molecule has 3 aromatic heterocycles. The molecule has 12 heteroatoms. The number of thioether (sulfide) groups is 1. The van der Waals surface area contributed by atoms with Gasteiger partial charge in [0, 0.05) is 33.6 Å². The number of urea groups is 1. The van der Waals surface area contributed by atoms with E-state index in [2.05, 4.69) is 34.7 Å². The fourth-order valence-electron chi connectivity index (χ4n) is 4.81. The number of amides is 2. The van der Waals surface area contributed by atoms with Crippen molar-refractivity contribution >= 4 is 52.6 Å². The van der Waals surface area contributed by atoms with Crippen molar-refractivity contribution in [3.8, 4) is 22.8 Å². The van der Waals surface area contributed by atoms with Gasteiger partial charge in [-0.15, -0.1) is 10.2 Å². The van der Waals surface area contributed by atoms with E-state index in [1.54, 1.807) is 46.4 Å². The van der Waals surface area contributed by atoms with Crippen LogP contribution in [0.4, 0.5) is 10.6 Å². The Labute approximate surface area is 280 Å². The van der Waals surface area contributed by atoms with Crippen molar-refractivity contribution in [1.29, 1.82) is 0 Å². The summed E-state index contributed by atoms with van der Waals surface area (Å²) in [6.07, 6.45) is 3.99. The summed E-state index contributed by atoms with van der Waals surface area (Å²) in [6, 6.07) is 26.2. The van der Waals surface area contributed by atoms with Crippen LogP contribution in [0, 0.1) is 6.92 Å². The Balaban J connectivity index is 1.20. The van der Waals surface area contributed by atoms with Crippen molar-refractivity contribution in [2.75, 3.05) is 11.6 Å². The zero-order valence-corrected chi connectivity index (χ0v) is 28.0. The molecule has 0 aliphatic carbocycles. The summed E-state index contributed by atoms with van der Waals surface area (Å²) < 4.78 is 3.34. The number of nitrogens with one attached hydrogen (secondary N) is 2. The zero-order chi connectivity index (χ0) is 32.4. The standard InChI is InChI=1S/C34H32ClN7O2S2/c1-21-9-15-26(27(43)17-21)32-39-38-30-16-14-25(20-41(30)32)46-28-8-6-5-7-22(28)19-36-33(44)37-31-18-29(34(2,3)45-4)40-42(31)24-12-10-23(35)11-13-24/h5-18,20,43H,19H2,1-4H3,(H2,36,37,44). The summed E-state index contributed by atoms with van der Waals surface area (Å²) in [4.78, 5) is 15.2. The number of phenols is 1. The number of rotatable bonds is 9. The third-order valence-corrected chi connectivity index (χ3v) is 10.1. The van der Waals surface area contributed by atoms with Crippen LogP contribution in [0.25, 0.3) is 22.7 Å². The molecule has 9 nitrogen and oxygen atoms in total. The van der Waals surface area contributed by atoms with Gasteiger partial charge in [0.05, 0.1) is 21.7 Å². The number of hydrogen-bond acceptors (Lipinski definition) is 7. The van der Waals surface area contributed by atoms with Gasteiger partial charge in [-0.05, 0) is 92.8 Å². The number of anilines is 1. The molecular formula is C34H32ClN7O2S2. The first-order valence-corrected chi connectivity index (χ1v) is 16.9. The average Bonchev–Trinajstić information content (AvgIpc) is 3.66. The number of fused-ring (bicyclic) bond motifs is 1. The Morgan fingerprint density at radius 3 is 2.54 bits per heavy atom. The summed E-state index contributed by atoms with van der Waals surface area (Å²) >= 11 is 9.37. The van der Waals surface area contributed by atoms with E-state index in [0.717, 1.165) is 32.3 Å². The molecule has 0 saturated heterocycles. The number of carbonyl (C=O) groups is 1. The lowest BCUT2D eigenvalue weighted by molar-refractivity contribution is 0.251. The number of aromatic nitrogens is 5. The molecule has 0 fully saturated rings. The Morgan fingerprint density at radius 1 is 1.00 bits per heavy atom. The second-order valence-electron chi connectivity index (χ2n) is 11.2. The average molecular weight is 670 g/mol. The quantitative estimate of drug-likeness (QED) is 0.142. The summed E-state index contributed by atoms with van der Waals surface area (Å²) in [5.74, 6) is 1.27. The minimum Gasteiger partial charge on any atom is -0.507 e. The van der Waals surface area contributed by atoms with Crippen LogP contribution in [0.2, 0.25) is 5.02 Å². The first kappa shape index (κ1) is 31.5. The molecule has 0 spiro atoms. The lowest BCUT2D eigenvalue weighted by Gasteiger charge is -2.18. The number of aryl methyl sites for hydroxylation is 1. The molecular weight excluding hydrogens is 638 g/mol. The van der Waals surface area contributed by atoms with Crippen LogP contribution in [-0.4, -0.2) is 41.8 Å². The lowest BCUT2D eigenvalue weighted by atomic mass is 10.1. The summed E-state index contributed by atoms with van der Waals surface area (Å²) in [5, 5.41) is 30.6. The van der Waals surface area contributed by atoms with E-state index in [0.29, 0.717) is 34.4 Å². The van der Waals surface area contributed by atoms with Gasteiger partial charge < -0.3 is 10.4 Å². The molecule has 0 bridgehead atoms. The number of phenolic OH excluding ortho intramolecular Hbond substituents is 1. The highest BCUT2D eigenvalue weighted by atomic mass is 35.5. The van der Waals surface area contributed by atoms with E-state index in [-0.39, 0.29) is 16.5 Å². The van der Waals surface area contributed by atoms with Crippen LogP contribution in [-0.2, 0) is 11.3 Å². The van der Waals surface area contributed by atoms with Crippen LogP contribution >= 0.6 is 35.1 Å². The molecule has 0 radical (unpaired) electrons. The van der Waals surface area contributed by atoms with E-state index in [4.69, 9.17) is 16.7 Å². The number of halogens is 1. The third-order valence-electron chi connectivity index (χ3n) is 7.56. The van der Waals surface area contributed by atoms with E-state index < -0.39 is 0 Å². The molecule has 3 heterocycles. The number of aromatic hydroxyl groups is 1. The van der Waals surface area contributed by atoms with E-state index in [1.165, 1.54) is 0 Å². The highest BCUT2D eigenvalue weighted by Gasteiger charge is 2.25. The summed E-state index contributed by atoms with van der Waals surface area (Å²) in [7, 11) is 0. The molecule has 3 N–H and O–H groups in total. The Kier molecular flexibility index (Phi) is 8.99. The van der Waals surface area contributed by atoms with Crippen molar-refractivity contribution in [2.45, 2.75) is 41.9 Å². The van der Waals surface area contributed by atoms with Crippen molar-refractivity contribution < 1.29 is 9.90 Å². The van der Waals surface area contributed by atoms with Gasteiger partial charge in [0.1, 0.15) is 11.6 Å². The molecule has 234 valence electrons. The van der Waals surface area contributed by atoms with Crippen LogP contribution in [0.5, 0.6) is 5.75 Å². The third kappa shape index (κ3) is 6.72. The van der Waals surface area contributed by atoms with E-state index in [1.807, 2.05) is 90.5 Å². The molecule has 6 rings (SSSR count). The topological polar surface area (TPSA) is 109 Å². The largest absolute Gasteiger partial charge is 0.507 e. The molecule has 3 aromatic carbocycles. The zero-order valence-electron chi connectivity index (χ0n) is 25.7. The Morgan fingerprint density at radius 2 is 1.78 bits per heavy atom. The van der Waals surface area contributed by atoms with Gasteiger partial charge in [0.25, 0.3) is 0 Å². The van der Waals surface area contributed by atoms with E-state index in [9.17, 15) is 9.90 Å². The molecule has 2 amide bonds. The minimum atomic E-state index is -0.350.